The summed E-state index contributed by atoms with van der Waals surface area (Å²) < 4.78 is 18.6. The molecular weight excluding hydrogens is 331 g/mol. The zero-order valence-corrected chi connectivity index (χ0v) is 16.5. The van der Waals surface area contributed by atoms with Gasteiger partial charge in [0.15, 0.2) is 5.96 Å². The summed E-state index contributed by atoms with van der Waals surface area (Å²) in [7, 11) is 0. The summed E-state index contributed by atoms with van der Waals surface area (Å²) in [5.74, 6) is 0.614. The van der Waals surface area contributed by atoms with Crippen LogP contribution in [0.3, 0.4) is 0 Å². The average Bonchev–Trinajstić information content (AvgIpc) is 2.65. The summed E-state index contributed by atoms with van der Waals surface area (Å²) in [5, 5.41) is 6.76. The van der Waals surface area contributed by atoms with Gasteiger partial charge in [0.1, 0.15) is 5.82 Å². The largest absolute Gasteiger partial charge is 0.379 e. The van der Waals surface area contributed by atoms with Crippen LogP contribution in [0.25, 0.3) is 0 Å². The molecule has 1 heterocycles. The third-order valence-electron chi connectivity index (χ3n) is 4.84. The maximum absolute atomic E-state index is 13.2. The van der Waals surface area contributed by atoms with Crippen LogP contribution in [0.5, 0.6) is 0 Å². The Balaban J connectivity index is 1.93. The van der Waals surface area contributed by atoms with Gasteiger partial charge in [-0.15, -0.1) is 0 Å². The van der Waals surface area contributed by atoms with Gasteiger partial charge in [-0.25, -0.2) is 4.39 Å². The number of guanidine groups is 1. The SMILES string of the molecule is CCNC(=NCC(C)(C)c1ccc(F)cc1)NCC(C)N1CCOCC1. The van der Waals surface area contributed by atoms with Crippen LogP contribution in [0.15, 0.2) is 29.3 Å². The summed E-state index contributed by atoms with van der Waals surface area (Å²) in [4.78, 5) is 7.19. The topological polar surface area (TPSA) is 48.9 Å². The molecule has 0 amide bonds. The van der Waals surface area contributed by atoms with Crippen LogP contribution >= 0.6 is 0 Å². The maximum atomic E-state index is 13.2. The van der Waals surface area contributed by atoms with Gasteiger partial charge in [-0.05, 0) is 31.5 Å². The van der Waals surface area contributed by atoms with Crippen LogP contribution in [0.1, 0.15) is 33.3 Å². The van der Waals surface area contributed by atoms with Crippen LogP contribution in [0.2, 0.25) is 0 Å². The smallest absolute Gasteiger partial charge is 0.191 e. The third-order valence-corrected chi connectivity index (χ3v) is 4.84. The van der Waals surface area contributed by atoms with E-state index in [9.17, 15) is 4.39 Å². The zero-order valence-electron chi connectivity index (χ0n) is 16.5. The van der Waals surface area contributed by atoms with E-state index in [0.717, 1.165) is 50.9 Å². The molecule has 1 unspecified atom stereocenters. The van der Waals surface area contributed by atoms with E-state index in [0.29, 0.717) is 12.6 Å². The van der Waals surface area contributed by atoms with Crippen molar-refractivity contribution in [2.75, 3.05) is 45.9 Å². The summed E-state index contributed by atoms with van der Waals surface area (Å²) in [6.45, 7) is 14.4. The molecule has 1 aliphatic rings. The normalized spacial score (nSPS) is 17.8. The molecule has 0 spiro atoms. The van der Waals surface area contributed by atoms with Crippen molar-refractivity contribution in [1.29, 1.82) is 0 Å². The predicted molar refractivity (Wildman–Crippen MR) is 105 cm³/mol. The number of nitrogens with one attached hydrogen (secondary N) is 2. The summed E-state index contributed by atoms with van der Waals surface area (Å²) in [6, 6.07) is 7.12. The van der Waals surface area contributed by atoms with Gasteiger partial charge in [-0.2, -0.15) is 0 Å². The minimum atomic E-state index is -0.208. The van der Waals surface area contributed by atoms with E-state index in [-0.39, 0.29) is 11.2 Å². The molecule has 1 aromatic carbocycles. The molecule has 2 rings (SSSR count). The fourth-order valence-corrected chi connectivity index (χ4v) is 3.00. The van der Waals surface area contributed by atoms with Gasteiger partial charge in [0.2, 0.25) is 0 Å². The van der Waals surface area contributed by atoms with Crippen molar-refractivity contribution in [3.63, 3.8) is 0 Å². The number of hydrogen-bond donors (Lipinski definition) is 2. The highest BCUT2D eigenvalue weighted by atomic mass is 19.1. The number of benzene rings is 1. The Hall–Kier alpha value is -1.66. The van der Waals surface area contributed by atoms with Gasteiger partial charge < -0.3 is 15.4 Å². The first-order valence-corrected chi connectivity index (χ1v) is 9.52. The second-order valence-electron chi connectivity index (χ2n) is 7.46. The van der Waals surface area contributed by atoms with Crippen molar-refractivity contribution in [3.8, 4) is 0 Å². The number of rotatable bonds is 7. The van der Waals surface area contributed by atoms with Crippen LogP contribution in [-0.2, 0) is 10.2 Å². The summed E-state index contributed by atoms with van der Waals surface area (Å²) in [5.41, 5.74) is 0.923. The molecule has 0 aliphatic carbocycles. The van der Waals surface area contributed by atoms with Crippen LogP contribution in [0, 0.1) is 5.82 Å². The van der Waals surface area contributed by atoms with Crippen molar-refractivity contribution in [2.45, 2.75) is 39.2 Å². The van der Waals surface area contributed by atoms with Gasteiger partial charge >= 0.3 is 0 Å². The quantitative estimate of drug-likeness (QED) is 0.576. The van der Waals surface area contributed by atoms with Gasteiger partial charge in [-0.1, -0.05) is 26.0 Å². The van der Waals surface area contributed by atoms with Crippen molar-refractivity contribution in [2.24, 2.45) is 4.99 Å². The maximum Gasteiger partial charge on any atom is 0.191 e. The lowest BCUT2D eigenvalue weighted by Gasteiger charge is -2.32. The molecule has 0 saturated carbocycles. The van der Waals surface area contributed by atoms with E-state index in [4.69, 9.17) is 9.73 Å². The van der Waals surface area contributed by atoms with E-state index >= 15 is 0 Å². The fourth-order valence-electron chi connectivity index (χ4n) is 3.00. The number of hydrogen-bond acceptors (Lipinski definition) is 3. The van der Waals surface area contributed by atoms with Gasteiger partial charge in [-0.3, -0.25) is 9.89 Å². The number of halogens is 1. The fraction of sp³-hybridized carbons (Fsp3) is 0.650. The highest BCUT2D eigenvalue weighted by Crippen LogP contribution is 2.23. The molecule has 1 aromatic rings. The van der Waals surface area contributed by atoms with Crippen molar-refractivity contribution < 1.29 is 9.13 Å². The summed E-state index contributed by atoms with van der Waals surface area (Å²) in [6.07, 6.45) is 0. The van der Waals surface area contributed by atoms with Gasteiger partial charge in [0.05, 0.1) is 19.8 Å². The number of aliphatic imine (C=N–C) groups is 1. The van der Waals surface area contributed by atoms with E-state index in [1.54, 1.807) is 0 Å². The number of morpholine rings is 1. The lowest BCUT2D eigenvalue weighted by molar-refractivity contribution is 0.0211. The van der Waals surface area contributed by atoms with E-state index in [1.165, 1.54) is 12.1 Å². The first-order chi connectivity index (χ1) is 12.4. The Morgan fingerprint density at radius 2 is 1.88 bits per heavy atom. The lowest BCUT2D eigenvalue weighted by atomic mass is 9.85. The van der Waals surface area contributed by atoms with Crippen LogP contribution < -0.4 is 10.6 Å². The average molecular weight is 365 g/mol. The second kappa shape index (κ2) is 9.88. The monoisotopic (exact) mass is 364 g/mol. The number of ether oxygens (including phenoxy) is 1. The van der Waals surface area contributed by atoms with Crippen molar-refractivity contribution in [3.05, 3.63) is 35.6 Å². The lowest BCUT2D eigenvalue weighted by Crippen LogP contribution is -2.49. The molecule has 146 valence electrons. The molecule has 1 saturated heterocycles. The van der Waals surface area contributed by atoms with Crippen LogP contribution in [0.4, 0.5) is 4.39 Å². The van der Waals surface area contributed by atoms with Gasteiger partial charge in [0.25, 0.3) is 0 Å². The first kappa shape index (κ1) is 20.6. The van der Waals surface area contributed by atoms with E-state index in [2.05, 4.69) is 43.2 Å². The highest BCUT2D eigenvalue weighted by Gasteiger charge is 2.21. The molecule has 2 N–H and O–H groups in total. The van der Waals surface area contributed by atoms with Crippen molar-refractivity contribution in [1.82, 2.24) is 15.5 Å². The molecule has 26 heavy (non-hydrogen) atoms. The minimum Gasteiger partial charge on any atom is -0.379 e. The van der Waals surface area contributed by atoms with Crippen LogP contribution in [-0.4, -0.2) is 62.8 Å². The molecular formula is C20H33FN4O. The van der Waals surface area contributed by atoms with E-state index < -0.39 is 0 Å². The second-order valence-corrected chi connectivity index (χ2v) is 7.46. The molecule has 1 atom stereocenters. The molecule has 5 nitrogen and oxygen atoms in total. The standard InChI is InChI=1S/C20H33FN4O/c1-5-22-19(23-14-16(2)25-10-12-26-13-11-25)24-15-20(3,4)17-6-8-18(21)9-7-17/h6-9,16H,5,10-15H2,1-4H3,(H2,22,23,24). The zero-order chi connectivity index (χ0) is 19.0. The Labute approximate surface area is 157 Å². The Bertz CT molecular complexity index is 568. The third kappa shape index (κ3) is 6.25. The Morgan fingerprint density at radius 1 is 1.23 bits per heavy atom. The molecule has 6 heteroatoms. The Morgan fingerprint density at radius 3 is 2.50 bits per heavy atom. The Kier molecular flexibility index (Phi) is 7.85. The molecule has 0 radical (unpaired) electrons. The summed E-state index contributed by atoms with van der Waals surface area (Å²) >= 11 is 0. The van der Waals surface area contributed by atoms with E-state index in [1.807, 2.05) is 12.1 Å². The predicted octanol–water partition coefficient (Wildman–Crippen LogP) is 2.38. The molecule has 0 bridgehead atoms. The minimum absolute atomic E-state index is 0.161. The van der Waals surface area contributed by atoms with Crippen molar-refractivity contribution >= 4 is 5.96 Å². The molecule has 0 aromatic heterocycles. The molecule has 1 fully saturated rings. The highest BCUT2D eigenvalue weighted by molar-refractivity contribution is 5.79. The van der Waals surface area contributed by atoms with Gasteiger partial charge in [0, 0.05) is 37.6 Å². The molecule has 1 aliphatic heterocycles. The number of nitrogens with zero attached hydrogens (tertiary/aromatic N) is 2. The first-order valence-electron chi connectivity index (χ1n) is 9.52.